The van der Waals surface area contributed by atoms with Gasteiger partial charge >= 0.3 is 0 Å². The lowest BCUT2D eigenvalue weighted by Crippen LogP contribution is -2.00. The van der Waals surface area contributed by atoms with Gasteiger partial charge in [0.25, 0.3) is 0 Å². The van der Waals surface area contributed by atoms with Gasteiger partial charge in [-0.1, -0.05) is 5.21 Å². The summed E-state index contributed by atoms with van der Waals surface area (Å²) in [6.07, 6.45) is 5.60. The van der Waals surface area contributed by atoms with E-state index >= 15 is 0 Å². The molecule has 2 aromatic rings. The van der Waals surface area contributed by atoms with Gasteiger partial charge in [-0.3, -0.25) is 0 Å². The summed E-state index contributed by atoms with van der Waals surface area (Å²) in [6, 6.07) is 0. The van der Waals surface area contributed by atoms with Crippen LogP contribution in [-0.4, -0.2) is 26.5 Å². The van der Waals surface area contributed by atoms with Crippen molar-refractivity contribution in [2.75, 3.05) is 6.54 Å². The molecule has 80 valence electrons. The van der Waals surface area contributed by atoms with Crippen LogP contribution in [0.3, 0.4) is 0 Å². The van der Waals surface area contributed by atoms with Gasteiger partial charge in [0.15, 0.2) is 0 Å². The van der Waals surface area contributed by atoms with Crippen molar-refractivity contribution < 1.29 is 0 Å². The Morgan fingerprint density at radius 1 is 1.47 bits per heavy atom. The van der Waals surface area contributed by atoms with Crippen molar-refractivity contribution in [1.29, 1.82) is 0 Å². The third-order valence-electron chi connectivity index (χ3n) is 2.00. The fraction of sp³-hybridized carbons (Fsp3) is 0.444. The van der Waals surface area contributed by atoms with Gasteiger partial charge in [-0.05, 0) is 19.4 Å². The fourth-order valence-electron chi connectivity index (χ4n) is 1.28. The van der Waals surface area contributed by atoms with Gasteiger partial charge in [-0.2, -0.15) is 0 Å². The zero-order valence-electron chi connectivity index (χ0n) is 8.33. The molecule has 0 unspecified atom stereocenters. The number of hydrogen-bond donors (Lipinski definition) is 1. The molecular formula is C9H13N5S. The quantitative estimate of drug-likeness (QED) is 0.809. The number of nitrogens with zero attached hydrogens (tertiary/aromatic N) is 4. The Labute approximate surface area is 91.9 Å². The molecule has 5 nitrogen and oxygen atoms in total. The van der Waals surface area contributed by atoms with Gasteiger partial charge in [0.2, 0.25) is 0 Å². The number of hydrogen-bond acceptors (Lipinski definition) is 5. The normalized spacial score (nSPS) is 10.7. The van der Waals surface area contributed by atoms with E-state index in [2.05, 4.69) is 15.3 Å². The molecular weight excluding hydrogens is 210 g/mol. The van der Waals surface area contributed by atoms with Crippen molar-refractivity contribution in [2.45, 2.75) is 19.4 Å². The molecule has 0 aliphatic carbocycles. The van der Waals surface area contributed by atoms with Crippen LogP contribution in [0.4, 0.5) is 0 Å². The van der Waals surface area contributed by atoms with Crippen LogP contribution >= 0.6 is 11.3 Å². The Hall–Kier alpha value is -1.27. The Kier molecular flexibility index (Phi) is 3.41. The highest BCUT2D eigenvalue weighted by Crippen LogP contribution is 2.06. The van der Waals surface area contributed by atoms with E-state index < -0.39 is 0 Å². The highest BCUT2D eigenvalue weighted by atomic mass is 32.1. The molecule has 6 heteroatoms. The third kappa shape index (κ3) is 2.84. The van der Waals surface area contributed by atoms with Crippen molar-refractivity contribution in [3.8, 4) is 0 Å². The maximum absolute atomic E-state index is 5.43. The minimum atomic E-state index is 0.694. The second-order valence-corrected chi connectivity index (χ2v) is 4.20. The first-order chi connectivity index (χ1) is 7.38. The van der Waals surface area contributed by atoms with Crippen LogP contribution in [0.5, 0.6) is 0 Å². The lowest BCUT2D eigenvalue weighted by molar-refractivity contribution is 0.646. The Morgan fingerprint density at radius 2 is 2.40 bits per heavy atom. The molecule has 0 radical (unpaired) electrons. The highest BCUT2D eigenvalue weighted by Gasteiger charge is 2.02. The van der Waals surface area contributed by atoms with Gasteiger partial charge in [0, 0.05) is 17.8 Å². The van der Waals surface area contributed by atoms with Crippen molar-refractivity contribution in [3.05, 3.63) is 28.5 Å². The minimum Gasteiger partial charge on any atom is -0.330 e. The fourth-order valence-corrected chi connectivity index (χ4v) is 1.89. The van der Waals surface area contributed by atoms with E-state index in [1.165, 1.54) is 0 Å². The van der Waals surface area contributed by atoms with Crippen molar-refractivity contribution in [2.24, 2.45) is 5.73 Å². The number of aryl methyl sites for hydroxylation is 1. The van der Waals surface area contributed by atoms with Crippen LogP contribution in [0, 0.1) is 0 Å². The highest BCUT2D eigenvalue weighted by molar-refractivity contribution is 7.09. The predicted molar refractivity (Wildman–Crippen MR) is 58.6 cm³/mol. The van der Waals surface area contributed by atoms with Crippen LogP contribution in [0.25, 0.3) is 0 Å². The molecule has 2 rings (SSSR count). The predicted octanol–water partition coefficient (Wildman–Crippen LogP) is 0.674. The van der Waals surface area contributed by atoms with Crippen LogP contribution in [0.15, 0.2) is 17.8 Å². The summed E-state index contributed by atoms with van der Waals surface area (Å²) in [6.45, 7) is 1.40. The molecule has 0 aliphatic heterocycles. The van der Waals surface area contributed by atoms with E-state index in [-0.39, 0.29) is 0 Å². The summed E-state index contributed by atoms with van der Waals surface area (Å²) in [5.41, 5.74) is 6.43. The van der Waals surface area contributed by atoms with Crippen LogP contribution in [0.2, 0.25) is 0 Å². The smallest absolute Gasteiger partial charge is 0.114 e. The molecule has 2 heterocycles. The lowest BCUT2D eigenvalue weighted by atomic mass is 10.2. The second kappa shape index (κ2) is 4.99. The minimum absolute atomic E-state index is 0.694. The molecule has 0 atom stereocenters. The molecule has 0 aliphatic rings. The largest absolute Gasteiger partial charge is 0.330 e. The van der Waals surface area contributed by atoms with Crippen molar-refractivity contribution in [1.82, 2.24) is 20.0 Å². The van der Waals surface area contributed by atoms with Crippen LogP contribution < -0.4 is 5.73 Å². The molecule has 0 spiro atoms. The topological polar surface area (TPSA) is 69.6 Å². The average molecular weight is 223 g/mol. The summed E-state index contributed by atoms with van der Waals surface area (Å²) in [5.74, 6) is 0. The Morgan fingerprint density at radius 3 is 3.13 bits per heavy atom. The molecule has 0 amide bonds. The summed E-state index contributed by atoms with van der Waals surface area (Å²) in [7, 11) is 0. The van der Waals surface area contributed by atoms with Gasteiger partial charge in [-0.25, -0.2) is 9.67 Å². The zero-order valence-corrected chi connectivity index (χ0v) is 9.15. The first-order valence-corrected chi connectivity index (χ1v) is 5.74. The SMILES string of the molecule is NCCCc1cn(Cc2nccs2)nn1. The summed E-state index contributed by atoms with van der Waals surface area (Å²) < 4.78 is 1.81. The van der Waals surface area contributed by atoms with Crippen molar-refractivity contribution >= 4 is 11.3 Å². The van der Waals surface area contributed by atoms with Gasteiger partial charge in [0.1, 0.15) is 5.01 Å². The van der Waals surface area contributed by atoms with E-state index in [4.69, 9.17) is 5.73 Å². The van der Waals surface area contributed by atoms with Gasteiger partial charge < -0.3 is 5.73 Å². The molecule has 0 bridgehead atoms. The van der Waals surface area contributed by atoms with E-state index in [0.717, 1.165) is 23.5 Å². The van der Waals surface area contributed by atoms with Crippen LogP contribution in [0.1, 0.15) is 17.1 Å². The first-order valence-electron chi connectivity index (χ1n) is 4.86. The number of thiazole rings is 1. The van der Waals surface area contributed by atoms with E-state index in [1.807, 2.05) is 16.3 Å². The third-order valence-corrected chi connectivity index (χ3v) is 2.77. The monoisotopic (exact) mass is 223 g/mol. The van der Waals surface area contributed by atoms with Crippen molar-refractivity contribution in [3.63, 3.8) is 0 Å². The van der Waals surface area contributed by atoms with Crippen LogP contribution in [-0.2, 0) is 13.0 Å². The van der Waals surface area contributed by atoms with E-state index in [0.29, 0.717) is 13.1 Å². The van der Waals surface area contributed by atoms with E-state index in [9.17, 15) is 0 Å². The van der Waals surface area contributed by atoms with Gasteiger partial charge in [0.05, 0.1) is 12.2 Å². The van der Waals surface area contributed by atoms with Gasteiger partial charge in [-0.15, -0.1) is 16.4 Å². The molecule has 2 N–H and O–H groups in total. The Balaban J connectivity index is 1.95. The average Bonchev–Trinajstić information content (AvgIpc) is 2.87. The standard InChI is InChI=1S/C9H13N5S/c10-3-1-2-8-6-14(13-12-8)7-9-11-4-5-15-9/h4-6H,1-3,7,10H2. The molecule has 0 fully saturated rings. The maximum atomic E-state index is 5.43. The molecule has 0 aromatic carbocycles. The number of aromatic nitrogens is 4. The zero-order chi connectivity index (χ0) is 10.5. The number of nitrogens with two attached hydrogens (primary N) is 1. The lowest BCUT2D eigenvalue weighted by Gasteiger charge is -1.94. The second-order valence-electron chi connectivity index (χ2n) is 3.23. The van der Waals surface area contributed by atoms with E-state index in [1.54, 1.807) is 17.5 Å². The molecule has 0 saturated carbocycles. The maximum Gasteiger partial charge on any atom is 0.114 e. The first kappa shape index (κ1) is 10.3. The molecule has 15 heavy (non-hydrogen) atoms. The summed E-state index contributed by atoms with van der Waals surface area (Å²) in [5, 5.41) is 11.1. The molecule has 0 saturated heterocycles. The molecule has 2 aromatic heterocycles. The summed E-state index contributed by atoms with van der Waals surface area (Å²) in [4.78, 5) is 4.19. The summed E-state index contributed by atoms with van der Waals surface area (Å²) >= 11 is 1.63. The number of rotatable bonds is 5. The Bertz CT molecular complexity index is 394.